The third kappa shape index (κ3) is 2.06. The van der Waals surface area contributed by atoms with Gasteiger partial charge in [0.05, 0.1) is 5.56 Å². The van der Waals surface area contributed by atoms with E-state index in [-0.39, 0.29) is 12.1 Å². The van der Waals surface area contributed by atoms with Gasteiger partial charge in [-0.1, -0.05) is 35.9 Å². The Hall–Kier alpha value is -2.00. The average molecular weight is 273 g/mol. The van der Waals surface area contributed by atoms with Gasteiger partial charge in [-0.3, -0.25) is 4.79 Å². The van der Waals surface area contributed by atoms with Crippen molar-refractivity contribution in [2.45, 2.75) is 6.17 Å². The van der Waals surface area contributed by atoms with Crippen LogP contribution in [0.15, 0.2) is 48.5 Å². The summed E-state index contributed by atoms with van der Waals surface area (Å²) in [5.41, 5.74) is 2.52. The molecule has 1 amide bonds. The standard InChI is InChI=1S/C15H13ClN2O/c1-18-14(10-5-4-6-11(16)9-10)17-13-8-3-2-7-12(13)15(18)19/h2-9,14,17H,1H3. The van der Waals surface area contributed by atoms with Gasteiger partial charge in [0.2, 0.25) is 0 Å². The lowest BCUT2D eigenvalue weighted by Crippen LogP contribution is -2.40. The van der Waals surface area contributed by atoms with Crippen LogP contribution in [0, 0.1) is 0 Å². The lowest BCUT2D eigenvalue weighted by atomic mass is 10.0. The number of benzene rings is 2. The fourth-order valence-electron chi connectivity index (χ4n) is 2.33. The van der Waals surface area contributed by atoms with Crippen LogP contribution in [0.2, 0.25) is 5.02 Å². The fourth-order valence-corrected chi connectivity index (χ4v) is 2.53. The van der Waals surface area contributed by atoms with Gasteiger partial charge in [0.25, 0.3) is 5.91 Å². The second kappa shape index (κ2) is 4.59. The lowest BCUT2D eigenvalue weighted by Gasteiger charge is -2.35. The monoisotopic (exact) mass is 272 g/mol. The quantitative estimate of drug-likeness (QED) is 0.861. The van der Waals surface area contributed by atoms with Gasteiger partial charge in [-0.15, -0.1) is 0 Å². The van der Waals surface area contributed by atoms with Crippen LogP contribution < -0.4 is 5.32 Å². The Balaban J connectivity index is 2.04. The fraction of sp³-hybridized carbons (Fsp3) is 0.133. The molecule has 0 spiro atoms. The number of para-hydroxylation sites is 1. The van der Waals surface area contributed by atoms with Gasteiger partial charge in [-0.2, -0.15) is 0 Å². The third-order valence-corrected chi connectivity index (χ3v) is 3.56. The molecule has 2 aromatic rings. The topological polar surface area (TPSA) is 32.3 Å². The second-order valence-electron chi connectivity index (χ2n) is 4.56. The van der Waals surface area contributed by atoms with Crippen LogP contribution in [0.1, 0.15) is 22.1 Å². The third-order valence-electron chi connectivity index (χ3n) is 3.32. The summed E-state index contributed by atoms with van der Waals surface area (Å²) in [7, 11) is 1.79. The molecular weight excluding hydrogens is 260 g/mol. The number of halogens is 1. The van der Waals surface area contributed by atoms with Gasteiger partial charge in [0.1, 0.15) is 6.17 Å². The molecule has 1 N–H and O–H groups in total. The summed E-state index contributed by atoms with van der Waals surface area (Å²) in [6.07, 6.45) is -0.193. The Labute approximate surface area is 116 Å². The molecule has 1 unspecified atom stereocenters. The van der Waals surface area contributed by atoms with Crippen molar-refractivity contribution >= 4 is 23.2 Å². The molecule has 1 aliphatic rings. The molecule has 3 rings (SSSR count). The number of carbonyl (C=O) groups excluding carboxylic acids is 1. The van der Waals surface area contributed by atoms with E-state index in [1.165, 1.54) is 0 Å². The van der Waals surface area contributed by atoms with E-state index in [0.717, 1.165) is 11.3 Å². The predicted octanol–water partition coefficient (Wildman–Crippen LogP) is 3.54. The van der Waals surface area contributed by atoms with Crippen molar-refractivity contribution in [3.63, 3.8) is 0 Å². The maximum atomic E-state index is 12.3. The van der Waals surface area contributed by atoms with Crippen LogP contribution in [0.5, 0.6) is 0 Å². The predicted molar refractivity (Wildman–Crippen MR) is 76.4 cm³/mol. The molecule has 0 saturated carbocycles. The first-order chi connectivity index (χ1) is 9.16. The Kier molecular flexibility index (Phi) is 2.91. The van der Waals surface area contributed by atoms with E-state index in [1.807, 2.05) is 48.5 Å². The molecule has 3 nitrogen and oxygen atoms in total. The van der Waals surface area contributed by atoms with Crippen molar-refractivity contribution < 1.29 is 4.79 Å². The molecule has 1 atom stereocenters. The maximum absolute atomic E-state index is 12.3. The van der Waals surface area contributed by atoms with Crippen LogP contribution in [-0.4, -0.2) is 17.9 Å². The largest absolute Gasteiger partial charge is 0.361 e. The van der Waals surface area contributed by atoms with E-state index in [2.05, 4.69) is 5.32 Å². The second-order valence-corrected chi connectivity index (χ2v) is 5.00. The number of nitrogens with one attached hydrogen (secondary N) is 1. The molecule has 19 heavy (non-hydrogen) atoms. The van der Waals surface area contributed by atoms with E-state index in [1.54, 1.807) is 11.9 Å². The van der Waals surface area contributed by atoms with Crippen LogP contribution in [0.4, 0.5) is 5.69 Å². The van der Waals surface area contributed by atoms with Gasteiger partial charge in [-0.25, -0.2) is 0 Å². The van der Waals surface area contributed by atoms with E-state index in [4.69, 9.17) is 11.6 Å². The Morgan fingerprint density at radius 1 is 1.16 bits per heavy atom. The highest BCUT2D eigenvalue weighted by molar-refractivity contribution is 6.30. The highest BCUT2D eigenvalue weighted by Gasteiger charge is 2.29. The molecule has 0 saturated heterocycles. The molecular formula is C15H13ClN2O. The van der Waals surface area contributed by atoms with Crippen molar-refractivity contribution in [3.05, 3.63) is 64.7 Å². The van der Waals surface area contributed by atoms with Crippen LogP contribution in [-0.2, 0) is 0 Å². The van der Waals surface area contributed by atoms with Crippen molar-refractivity contribution in [1.29, 1.82) is 0 Å². The number of hydrogen-bond donors (Lipinski definition) is 1. The minimum atomic E-state index is -0.193. The van der Waals surface area contributed by atoms with Gasteiger partial charge in [0, 0.05) is 17.8 Å². The van der Waals surface area contributed by atoms with E-state index in [9.17, 15) is 4.79 Å². The summed E-state index contributed by atoms with van der Waals surface area (Å²) in [6.45, 7) is 0. The number of carbonyl (C=O) groups is 1. The molecule has 1 heterocycles. The summed E-state index contributed by atoms with van der Waals surface area (Å²) >= 11 is 6.02. The molecule has 2 aromatic carbocycles. The van der Waals surface area contributed by atoms with Gasteiger partial charge < -0.3 is 10.2 Å². The molecule has 0 radical (unpaired) electrons. The van der Waals surface area contributed by atoms with E-state index >= 15 is 0 Å². The highest BCUT2D eigenvalue weighted by Crippen LogP contribution is 2.32. The summed E-state index contributed by atoms with van der Waals surface area (Å²) in [4.78, 5) is 14.0. The zero-order valence-corrected chi connectivity index (χ0v) is 11.2. The molecule has 4 heteroatoms. The lowest BCUT2D eigenvalue weighted by molar-refractivity contribution is 0.0735. The van der Waals surface area contributed by atoms with E-state index < -0.39 is 0 Å². The normalized spacial score (nSPS) is 17.9. The number of hydrogen-bond acceptors (Lipinski definition) is 2. The molecule has 0 bridgehead atoms. The minimum Gasteiger partial charge on any atom is -0.361 e. The molecule has 96 valence electrons. The zero-order valence-electron chi connectivity index (χ0n) is 10.4. The highest BCUT2D eigenvalue weighted by atomic mass is 35.5. The first-order valence-corrected chi connectivity index (χ1v) is 6.43. The Bertz CT molecular complexity index is 642. The summed E-state index contributed by atoms with van der Waals surface area (Å²) in [5, 5.41) is 4.03. The van der Waals surface area contributed by atoms with Crippen LogP contribution in [0.25, 0.3) is 0 Å². The molecule has 0 aliphatic carbocycles. The number of rotatable bonds is 1. The Morgan fingerprint density at radius 3 is 2.74 bits per heavy atom. The minimum absolute atomic E-state index is 0.0133. The SMILES string of the molecule is CN1C(=O)c2ccccc2NC1c1cccc(Cl)c1. The first kappa shape index (κ1) is 12.1. The van der Waals surface area contributed by atoms with Gasteiger partial charge in [-0.05, 0) is 29.8 Å². The van der Waals surface area contributed by atoms with Crippen molar-refractivity contribution in [2.75, 3.05) is 12.4 Å². The number of fused-ring (bicyclic) bond motifs is 1. The molecule has 0 fully saturated rings. The molecule has 1 aliphatic heterocycles. The van der Waals surface area contributed by atoms with Crippen LogP contribution in [0.3, 0.4) is 0 Å². The summed E-state index contributed by atoms with van der Waals surface area (Å²) < 4.78 is 0. The number of nitrogens with zero attached hydrogens (tertiary/aromatic N) is 1. The van der Waals surface area contributed by atoms with Crippen molar-refractivity contribution in [2.24, 2.45) is 0 Å². The van der Waals surface area contributed by atoms with E-state index in [0.29, 0.717) is 10.6 Å². The summed E-state index contributed by atoms with van der Waals surface area (Å²) in [5.74, 6) is 0.0133. The van der Waals surface area contributed by atoms with Crippen molar-refractivity contribution in [3.8, 4) is 0 Å². The zero-order chi connectivity index (χ0) is 13.4. The number of amides is 1. The smallest absolute Gasteiger partial charge is 0.257 e. The van der Waals surface area contributed by atoms with Crippen LogP contribution >= 0.6 is 11.6 Å². The Morgan fingerprint density at radius 2 is 1.95 bits per heavy atom. The first-order valence-electron chi connectivity index (χ1n) is 6.05. The van der Waals surface area contributed by atoms with Gasteiger partial charge in [0.15, 0.2) is 0 Å². The summed E-state index contributed by atoms with van der Waals surface area (Å²) in [6, 6.07) is 15.1. The molecule has 0 aromatic heterocycles. The van der Waals surface area contributed by atoms with Crippen molar-refractivity contribution in [1.82, 2.24) is 4.90 Å². The maximum Gasteiger partial charge on any atom is 0.257 e. The number of anilines is 1. The van der Waals surface area contributed by atoms with Gasteiger partial charge >= 0.3 is 0 Å². The average Bonchev–Trinajstić information content (AvgIpc) is 2.43.